The van der Waals surface area contributed by atoms with Gasteiger partial charge in [0.05, 0.1) is 30.0 Å². The molecule has 214 valence electrons. The van der Waals surface area contributed by atoms with Gasteiger partial charge in [-0.3, -0.25) is 0 Å². The number of aliphatic hydroxyl groups excluding tert-OH is 1. The molecule has 0 unspecified atom stereocenters. The Morgan fingerprint density at radius 1 is 0.974 bits per heavy atom. The van der Waals surface area contributed by atoms with Crippen molar-refractivity contribution in [2.75, 3.05) is 19.5 Å². The molecule has 0 aliphatic carbocycles. The molecule has 0 saturated carbocycles. The summed E-state index contributed by atoms with van der Waals surface area (Å²) >= 11 is 11.9. The molecule has 3 N–H and O–H groups in total. The molecule has 39 heavy (non-hydrogen) atoms. The van der Waals surface area contributed by atoms with Gasteiger partial charge >= 0.3 is 0 Å². The Hall–Kier alpha value is -2.72. The maximum atomic E-state index is 14.3. The molecule has 0 aromatic heterocycles. The first-order valence-corrected chi connectivity index (χ1v) is 15.7. The summed E-state index contributed by atoms with van der Waals surface area (Å²) in [6.45, 7) is 10.2. The van der Waals surface area contributed by atoms with Crippen molar-refractivity contribution >= 4 is 37.2 Å². The molecule has 0 aliphatic heterocycles. The van der Waals surface area contributed by atoms with Crippen molar-refractivity contribution in [2.45, 2.75) is 52.1 Å². The second-order valence-electron chi connectivity index (χ2n) is 10.2. The molecule has 6 nitrogen and oxygen atoms in total. The lowest BCUT2D eigenvalue weighted by Gasteiger charge is -2.37. The van der Waals surface area contributed by atoms with Crippen molar-refractivity contribution in [1.29, 1.82) is 0 Å². The zero-order valence-corrected chi connectivity index (χ0v) is 25.6. The zero-order chi connectivity index (χ0) is 29.5. The van der Waals surface area contributed by atoms with Gasteiger partial charge < -0.3 is 29.4 Å². The number of phenols is 1. The van der Waals surface area contributed by atoms with Gasteiger partial charge in [-0.05, 0) is 48.5 Å². The molecule has 0 amide bonds. The third kappa shape index (κ3) is 8.38. The van der Waals surface area contributed by atoms with Crippen LogP contribution in [0.1, 0.15) is 31.9 Å². The van der Waals surface area contributed by atoms with Crippen LogP contribution < -0.4 is 19.2 Å². The van der Waals surface area contributed by atoms with Crippen molar-refractivity contribution in [2.24, 2.45) is 0 Å². The average molecular weight is 603 g/mol. The minimum Gasteiger partial charge on any atom is -0.541 e. The number of benzene rings is 3. The number of ether oxygens (including phenoxy) is 2. The van der Waals surface area contributed by atoms with Crippen LogP contribution in [0.4, 0.5) is 14.5 Å². The van der Waals surface area contributed by atoms with Crippen LogP contribution in [0.2, 0.25) is 28.2 Å². The molecule has 0 bridgehead atoms. The highest BCUT2D eigenvalue weighted by atomic mass is 35.5. The van der Waals surface area contributed by atoms with E-state index in [1.165, 1.54) is 25.3 Å². The number of methoxy groups -OCH3 is 1. The van der Waals surface area contributed by atoms with E-state index in [1.807, 2.05) is 0 Å². The minimum atomic E-state index is -2.19. The van der Waals surface area contributed by atoms with E-state index in [4.69, 9.17) is 47.3 Å². The van der Waals surface area contributed by atoms with E-state index >= 15 is 0 Å². The van der Waals surface area contributed by atoms with Gasteiger partial charge in [0.15, 0.2) is 17.4 Å². The van der Waals surface area contributed by atoms with Gasteiger partial charge in [-0.1, -0.05) is 44.0 Å². The Balaban J connectivity index is 0.000000446. The summed E-state index contributed by atoms with van der Waals surface area (Å²) in [5.41, 5.74) is 1.08. The maximum Gasteiger partial charge on any atom is 0.250 e. The number of anilines is 1. The minimum absolute atomic E-state index is 0.00765. The molecule has 0 saturated heterocycles. The van der Waals surface area contributed by atoms with E-state index in [0.29, 0.717) is 32.8 Å². The average Bonchev–Trinajstić information content (AvgIpc) is 2.86. The molecular formula is C28H35Cl2F2NO5Si. The van der Waals surface area contributed by atoms with E-state index in [1.54, 1.807) is 25.2 Å². The second-order valence-corrected chi connectivity index (χ2v) is 15.7. The largest absolute Gasteiger partial charge is 0.541 e. The number of rotatable bonds is 8. The number of hydrogen-bond acceptors (Lipinski definition) is 6. The smallest absolute Gasteiger partial charge is 0.250 e. The number of aliphatic hydroxyl groups is 1. The van der Waals surface area contributed by atoms with Crippen LogP contribution in [-0.4, -0.2) is 32.7 Å². The summed E-state index contributed by atoms with van der Waals surface area (Å²) in [4.78, 5) is 0. The van der Waals surface area contributed by atoms with Crippen molar-refractivity contribution in [3.63, 3.8) is 0 Å². The Kier molecular flexibility index (Phi) is 11.3. The van der Waals surface area contributed by atoms with Gasteiger partial charge in [-0.25, -0.2) is 8.78 Å². The van der Waals surface area contributed by atoms with Crippen molar-refractivity contribution in [1.82, 2.24) is 0 Å². The monoisotopic (exact) mass is 601 g/mol. The van der Waals surface area contributed by atoms with Gasteiger partial charge in [0, 0.05) is 29.8 Å². The fraction of sp³-hybridized carbons (Fsp3) is 0.357. The van der Waals surface area contributed by atoms with Crippen molar-refractivity contribution < 1.29 is 32.9 Å². The first kappa shape index (κ1) is 32.5. The van der Waals surface area contributed by atoms with Gasteiger partial charge in [0.25, 0.3) is 8.32 Å². The van der Waals surface area contributed by atoms with Crippen LogP contribution >= 0.6 is 23.2 Å². The molecule has 3 aromatic rings. The third-order valence-electron chi connectivity index (χ3n) is 6.43. The molecular weight excluding hydrogens is 567 g/mol. The quantitative estimate of drug-likeness (QED) is 0.226. The summed E-state index contributed by atoms with van der Waals surface area (Å²) in [6, 6.07) is 10.3. The van der Waals surface area contributed by atoms with E-state index in [9.17, 15) is 8.78 Å². The first-order chi connectivity index (χ1) is 18.1. The predicted octanol–water partition coefficient (Wildman–Crippen LogP) is 8.17. The van der Waals surface area contributed by atoms with Crippen LogP contribution in [0.5, 0.6) is 23.0 Å². The third-order valence-corrected chi connectivity index (χ3v) is 11.3. The van der Waals surface area contributed by atoms with Crippen molar-refractivity contribution in [3.8, 4) is 23.0 Å². The van der Waals surface area contributed by atoms with Crippen LogP contribution in [0.25, 0.3) is 0 Å². The van der Waals surface area contributed by atoms with E-state index in [-0.39, 0.29) is 35.3 Å². The fourth-order valence-corrected chi connectivity index (χ4v) is 4.54. The van der Waals surface area contributed by atoms with Gasteiger partial charge in [0.2, 0.25) is 0 Å². The molecule has 3 rings (SSSR count). The van der Waals surface area contributed by atoms with Crippen molar-refractivity contribution in [3.05, 3.63) is 75.3 Å². The first-order valence-electron chi connectivity index (χ1n) is 12.1. The topological polar surface area (TPSA) is 80.2 Å². The Bertz CT molecular complexity index is 1290. The highest BCUT2D eigenvalue weighted by Gasteiger charge is 2.39. The molecule has 0 spiro atoms. The molecule has 11 heteroatoms. The van der Waals surface area contributed by atoms with Gasteiger partial charge in [-0.2, -0.15) is 0 Å². The molecule has 0 aliphatic rings. The van der Waals surface area contributed by atoms with Gasteiger partial charge in [0.1, 0.15) is 23.9 Å². The Morgan fingerprint density at radius 3 is 2.18 bits per heavy atom. The lowest BCUT2D eigenvalue weighted by Crippen LogP contribution is -2.43. The predicted molar refractivity (Wildman–Crippen MR) is 155 cm³/mol. The molecule has 3 aromatic carbocycles. The summed E-state index contributed by atoms with van der Waals surface area (Å²) in [5, 5.41) is 21.6. The molecule has 0 fully saturated rings. The van der Waals surface area contributed by atoms with Crippen LogP contribution in [0, 0.1) is 11.6 Å². The standard InChI is InChI=1S/C21H28ClF2NO3Si.C7H7ClO2/c1-21(2,3)29(6,7)28-19-10-14(22)16(25-4)11-18(19)27-12-13-17(26-5)9-8-15(23)20(13)24;8-6-1-2-7(10)5(3-6)4-9/h8-11,25H,12H2,1-7H3;1-3,9-10H,4H2. The number of nitrogens with one attached hydrogen (secondary N) is 1. The molecule has 0 radical (unpaired) electrons. The SMILES string of the molecule is CNc1cc(OCc2c(OC)ccc(F)c2F)c(O[Si](C)(C)C(C)(C)C)cc1Cl.OCc1cc(Cl)ccc1O. The Morgan fingerprint density at radius 2 is 1.64 bits per heavy atom. The Labute approximate surface area is 239 Å². The lowest BCUT2D eigenvalue weighted by molar-refractivity contribution is 0.275. The summed E-state index contributed by atoms with van der Waals surface area (Å²) < 4.78 is 45.4. The lowest BCUT2D eigenvalue weighted by atomic mass is 10.2. The summed E-state index contributed by atoms with van der Waals surface area (Å²) in [5.74, 6) is -0.829. The van der Waals surface area contributed by atoms with E-state index in [2.05, 4.69) is 39.2 Å². The summed E-state index contributed by atoms with van der Waals surface area (Å²) in [6.07, 6.45) is 0. The van der Waals surface area contributed by atoms with E-state index < -0.39 is 20.0 Å². The number of halogens is 4. The highest BCUT2D eigenvalue weighted by Crippen LogP contribution is 2.43. The molecule has 0 atom stereocenters. The van der Waals surface area contributed by atoms with Crippen LogP contribution in [0.15, 0.2) is 42.5 Å². The summed E-state index contributed by atoms with van der Waals surface area (Å²) in [7, 11) is 0.932. The highest BCUT2D eigenvalue weighted by molar-refractivity contribution is 6.74. The fourth-order valence-electron chi connectivity index (χ4n) is 3.08. The van der Waals surface area contributed by atoms with E-state index in [0.717, 1.165) is 6.07 Å². The molecule has 0 heterocycles. The maximum absolute atomic E-state index is 14.3. The van der Waals surface area contributed by atoms with Crippen LogP contribution in [0.3, 0.4) is 0 Å². The van der Waals surface area contributed by atoms with Crippen LogP contribution in [-0.2, 0) is 13.2 Å². The number of hydrogen-bond donors (Lipinski definition) is 3. The second kappa shape index (κ2) is 13.6. The normalized spacial score (nSPS) is 11.4. The number of aromatic hydroxyl groups is 1. The van der Waals surface area contributed by atoms with Gasteiger partial charge in [-0.15, -0.1) is 0 Å². The zero-order valence-electron chi connectivity index (χ0n) is 23.1.